The van der Waals surface area contributed by atoms with Crippen LogP contribution in [0.3, 0.4) is 0 Å². The van der Waals surface area contributed by atoms with Crippen LogP contribution in [0.25, 0.3) is 0 Å². The Bertz CT molecular complexity index is 715. The van der Waals surface area contributed by atoms with Crippen molar-refractivity contribution < 1.29 is 9.47 Å². The van der Waals surface area contributed by atoms with E-state index in [1.807, 2.05) is 42.5 Å². The Hall–Kier alpha value is -3.08. The second-order valence-electron chi connectivity index (χ2n) is 4.27. The first-order valence-corrected chi connectivity index (χ1v) is 6.38. The van der Waals surface area contributed by atoms with E-state index < -0.39 is 0 Å². The van der Waals surface area contributed by atoms with E-state index in [1.54, 1.807) is 18.2 Å². The molecular weight excluding hydrogens is 266 g/mol. The molecule has 0 saturated carbocycles. The molecule has 2 N–H and O–H groups in total. The summed E-state index contributed by atoms with van der Waals surface area (Å²) >= 11 is 0. The minimum Gasteiger partial charge on any atom is -0.457 e. The monoisotopic (exact) mass is 279 g/mol. The van der Waals surface area contributed by atoms with Gasteiger partial charge >= 0.3 is 0 Å². The van der Waals surface area contributed by atoms with Gasteiger partial charge in [0.2, 0.25) is 5.88 Å². The van der Waals surface area contributed by atoms with E-state index >= 15 is 0 Å². The molecule has 0 spiro atoms. The highest BCUT2D eigenvalue weighted by atomic mass is 16.5. The van der Waals surface area contributed by atoms with E-state index in [9.17, 15) is 0 Å². The molecule has 0 bridgehead atoms. The van der Waals surface area contributed by atoms with E-state index in [0.29, 0.717) is 17.4 Å². The number of nitrogens with two attached hydrogens (primary N) is 1. The minimum absolute atomic E-state index is 0.365. The van der Waals surface area contributed by atoms with Crippen LogP contribution in [0.15, 0.2) is 67.0 Å². The van der Waals surface area contributed by atoms with Gasteiger partial charge in [0, 0.05) is 6.07 Å². The molecule has 0 saturated heterocycles. The van der Waals surface area contributed by atoms with Crippen molar-refractivity contribution >= 4 is 5.82 Å². The average molecular weight is 279 g/mol. The Kier molecular flexibility index (Phi) is 3.64. The Labute approximate surface area is 122 Å². The Morgan fingerprint density at radius 3 is 2.00 bits per heavy atom. The van der Waals surface area contributed by atoms with Crippen LogP contribution in [-0.2, 0) is 0 Å². The van der Waals surface area contributed by atoms with Crippen LogP contribution >= 0.6 is 0 Å². The fraction of sp³-hybridized carbons (Fsp3) is 0. The summed E-state index contributed by atoms with van der Waals surface area (Å²) in [5.74, 6) is 2.93. The number of nitrogens with zero attached hydrogens (tertiary/aromatic N) is 2. The molecule has 2 aromatic carbocycles. The maximum atomic E-state index is 5.70. The largest absolute Gasteiger partial charge is 0.457 e. The fourth-order valence-electron chi connectivity index (χ4n) is 1.73. The number of ether oxygens (including phenoxy) is 2. The normalized spacial score (nSPS) is 10.1. The summed E-state index contributed by atoms with van der Waals surface area (Å²) in [7, 11) is 0. The smallest absolute Gasteiger partial charge is 0.224 e. The molecule has 3 rings (SSSR count). The summed E-state index contributed by atoms with van der Waals surface area (Å²) in [6.45, 7) is 0. The van der Waals surface area contributed by atoms with Crippen LogP contribution in [-0.4, -0.2) is 9.97 Å². The molecule has 104 valence electrons. The highest BCUT2D eigenvalue weighted by Crippen LogP contribution is 2.25. The molecule has 0 radical (unpaired) electrons. The third kappa shape index (κ3) is 3.48. The molecule has 0 fully saturated rings. The zero-order chi connectivity index (χ0) is 14.5. The predicted molar refractivity (Wildman–Crippen MR) is 79.5 cm³/mol. The topological polar surface area (TPSA) is 70.3 Å². The highest BCUT2D eigenvalue weighted by Gasteiger charge is 2.01. The van der Waals surface area contributed by atoms with Crippen molar-refractivity contribution in [2.75, 3.05) is 5.73 Å². The number of aromatic nitrogens is 2. The summed E-state index contributed by atoms with van der Waals surface area (Å²) in [6.07, 6.45) is 1.36. The van der Waals surface area contributed by atoms with Crippen LogP contribution < -0.4 is 15.2 Å². The molecule has 3 aromatic rings. The van der Waals surface area contributed by atoms with Crippen LogP contribution in [0.2, 0.25) is 0 Å². The first kappa shape index (κ1) is 12.9. The highest BCUT2D eigenvalue weighted by molar-refractivity contribution is 5.38. The van der Waals surface area contributed by atoms with Gasteiger partial charge < -0.3 is 15.2 Å². The van der Waals surface area contributed by atoms with Gasteiger partial charge in [-0.25, -0.2) is 9.97 Å². The summed E-state index contributed by atoms with van der Waals surface area (Å²) in [4.78, 5) is 7.79. The van der Waals surface area contributed by atoms with Crippen molar-refractivity contribution in [2.45, 2.75) is 0 Å². The molecule has 5 nitrogen and oxygen atoms in total. The van der Waals surface area contributed by atoms with E-state index in [0.717, 1.165) is 11.5 Å². The molecule has 1 aromatic heterocycles. The lowest BCUT2D eigenvalue weighted by molar-refractivity contribution is 0.456. The van der Waals surface area contributed by atoms with Gasteiger partial charge in [0.1, 0.15) is 29.4 Å². The molecular formula is C16H13N3O2. The summed E-state index contributed by atoms with van der Waals surface area (Å²) in [5, 5.41) is 0. The van der Waals surface area contributed by atoms with Gasteiger partial charge in [0.15, 0.2) is 0 Å². The Balaban J connectivity index is 1.69. The summed E-state index contributed by atoms with van der Waals surface area (Å²) in [5.41, 5.74) is 5.57. The van der Waals surface area contributed by atoms with Crippen LogP contribution in [0.5, 0.6) is 23.1 Å². The molecule has 0 aliphatic rings. The van der Waals surface area contributed by atoms with Gasteiger partial charge in [-0.15, -0.1) is 0 Å². The molecule has 0 aliphatic carbocycles. The molecule has 0 amide bonds. The first-order valence-electron chi connectivity index (χ1n) is 6.38. The molecule has 0 atom stereocenters. The molecule has 0 unspecified atom stereocenters. The average Bonchev–Trinajstić information content (AvgIpc) is 2.50. The van der Waals surface area contributed by atoms with Gasteiger partial charge in [-0.2, -0.15) is 0 Å². The van der Waals surface area contributed by atoms with E-state index in [4.69, 9.17) is 15.2 Å². The second kappa shape index (κ2) is 5.92. The SMILES string of the molecule is Nc1cc(Oc2ccc(Oc3ccccc3)cc2)ncn1. The van der Waals surface area contributed by atoms with E-state index in [1.165, 1.54) is 6.33 Å². The van der Waals surface area contributed by atoms with Crippen molar-refractivity contribution in [2.24, 2.45) is 0 Å². The van der Waals surface area contributed by atoms with E-state index in [2.05, 4.69) is 9.97 Å². The lowest BCUT2D eigenvalue weighted by atomic mass is 10.3. The van der Waals surface area contributed by atoms with Gasteiger partial charge in [0.25, 0.3) is 0 Å². The lowest BCUT2D eigenvalue weighted by Gasteiger charge is -2.07. The van der Waals surface area contributed by atoms with Crippen molar-refractivity contribution in [1.82, 2.24) is 9.97 Å². The van der Waals surface area contributed by atoms with Crippen LogP contribution in [0, 0.1) is 0 Å². The second-order valence-corrected chi connectivity index (χ2v) is 4.27. The molecule has 21 heavy (non-hydrogen) atoms. The van der Waals surface area contributed by atoms with Crippen LogP contribution in [0.4, 0.5) is 5.82 Å². The van der Waals surface area contributed by atoms with Gasteiger partial charge in [-0.1, -0.05) is 18.2 Å². The van der Waals surface area contributed by atoms with Gasteiger partial charge in [-0.3, -0.25) is 0 Å². The Morgan fingerprint density at radius 1 is 0.714 bits per heavy atom. The first-order chi connectivity index (χ1) is 10.3. The number of hydrogen-bond acceptors (Lipinski definition) is 5. The third-order valence-corrected chi connectivity index (χ3v) is 2.69. The Morgan fingerprint density at radius 2 is 1.33 bits per heavy atom. The molecule has 5 heteroatoms. The number of anilines is 1. The zero-order valence-corrected chi connectivity index (χ0v) is 11.1. The number of nitrogen functional groups attached to an aromatic ring is 1. The standard InChI is InChI=1S/C16H13N3O2/c17-15-10-16(19-11-18-15)21-14-8-6-13(7-9-14)20-12-4-2-1-3-5-12/h1-11H,(H2,17,18,19). The van der Waals surface area contributed by atoms with Crippen molar-refractivity contribution in [1.29, 1.82) is 0 Å². The van der Waals surface area contributed by atoms with Crippen molar-refractivity contribution in [3.8, 4) is 23.1 Å². The number of hydrogen-bond donors (Lipinski definition) is 1. The van der Waals surface area contributed by atoms with Gasteiger partial charge in [0.05, 0.1) is 0 Å². The maximum Gasteiger partial charge on any atom is 0.224 e. The summed E-state index contributed by atoms with van der Waals surface area (Å²) in [6, 6.07) is 18.4. The lowest BCUT2D eigenvalue weighted by Crippen LogP contribution is -1.93. The number of benzene rings is 2. The summed E-state index contributed by atoms with van der Waals surface area (Å²) < 4.78 is 11.3. The molecule has 0 aliphatic heterocycles. The third-order valence-electron chi connectivity index (χ3n) is 2.69. The van der Waals surface area contributed by atoms with Crippen molar-refractivity contribution in [3.63, 3.8) is 0 Å². The quantitative estimate of drug-likeness (QED) is 0.789. The van der Waals surface area contributed by atoms with E-state index in [-0.39, 0.29) is 0 Å². The minimum atomic E-state index is 0.365. The fourth-order valence-corrected chi connectivity index (χ4v) is 1.73. The number of rotatable bonds is 4. The van der Waals surface area contributed by atoms with Crippen molar-refractivity contribution in [3.05, 3.63) is 67.0 Å². The predicted octanol–water partition coefficient (Wildman–Crippen LogP) is 3.64. The van der Waals surface area contributed by atoms with Crippen LogP contribution in [0.1, 0.15) is 0 Å². The number of para-hydroxylation sites is 1. The zero-order valence-electron chi connectivity index (χ0n) is 11.1. The maximum absolute atomic E-state index is 5.70. The van der Waals surface area contributed by atoms with Gasteiger partial charge in [-0.05, 0) is 36.4 Å². The molecule has 1 heterocycles.